The first-order valence-corrected chi connectivity index (χ1v) is 15.0. The number of nitrogens with one attached hydrogen (secondary N) is 1. The number of amides is 1. The molecular weight excluding hydrogens is 534 g/mol. The zero-order valence-corrected chi connectivity index (χ0v) is 24.3. The summed E-state index contributed by atoms with van der Waals surface area (Å²) in [6.45, 7) is 4.37. The highest BCUT2D eigenvalue weighted by Gasteiger charge is 2.24. The molecule has 0 saturated heterocycles. The molecule has 1 amide bonds. The van der Waals surface area contributed by atoms with Crippen molar-refractivity contribution in [3.05, 3.63) is 66.7 Å². The summed E-state index contributed by atoms with van der Waals surface area (Å²) in [6, 6.07) is 20.0. The van der Waals surface area contributed by atoms with Gasteiger partial charge in [0.2, 0.25) is 15.9 Å². The van der Waals surface area contributed by atoms with Gasteiger partial charge in [-0.25, -0.2) is 13.4 Å². The maximum atomic E-state index is 13.2. The fourth-order valence-corrected chi connectivity index (χ4v) is 6.52. The van der Waals surface area contributed by atoms with Crippen LogP contribution in [0.3, 0.4) is 0 Å². The normalized spacial score (nSPS) is 11.6. The topological polar surface area (TPSA) is 96.8 Å². The van der Waals surface area contributed by atoms with Crippen LogP contribution < -0.4 is 15.0 Å². The molecule has 0 spiro atoms. The standard InChI is InChI=1S/C28H33N5O4S2/c1-6-32(7-2)39(35,36)22-16-17-24-23(18-22)30-28(33(24)25-10-8-9-11-26(25)37-5)38-19-27(34)29-20-12-14-21(15-13-20)31(3)4/h8-18H,6-7,19H2,1-5H3,(H,29,34). The van der Waals surface area contributed by atoms with Gasteiger partial charge in [-0.15, -0.1) is 0 Å². The first-order valence-electron chi connectivity index (χ1n) is 12.6. The second kappa shape index (κ2) is 12.1. The number of nitrogens with zero attached hydrogens (tertiary/aromatic N) is 4. The van der Waals surface area contributed by atoms with E-state index in [9.17, 15) is 13.2 Å². The van der Waals surface area contributed by atoms with Gasteiger partial charge in [-0.1, -0.05) is 37.7 Å². The van der Waals surface area contributed by atoms with Crippen molar-refractivity contribution in [3.8, 4) is 11.4 Å². The van der Waals surface area contributed by atoms with Crippen molar-refractivity contribution in [1.82, 2.24) is 13.9 Å². The Balaban J connectivity index is 1.69. The first kappa shape index (κ1) is 28.5. The van der Waals surface area contributed by atoms with Gasteiger partial charge in [0.1, 0.15) is 5.75 Å². The Bertz CT molecular complexity index is 1560. The third kappa shape index (κ3) is 6.05. The molecule has 39 heavy (non-hydrogen) atoms. The predicted octanol–water partition coefficient (Wildman–Crippen LogP) is 4.86. The van der Waals surface area contributed by atoms with Crippen molar-refractivity contribution >= 4 is 50.1 Å². The number of ether oxygens (including phenoxy) is 1. The minimum atomic E-state index is -3.66. The van der Waals surface area contributed by atoms with Gasteiger partial charge >= 0.3 is 0 Å². The van der Waals surface area contributed by atoms with Crippen LogP contribution in [0, 0.1) is 0 Å². The molecule has 0 radical (unpaired) electrons. The molecule has 0 atom stereocenters. The fraction of sp³-hybridized carbons (Fsp3) is 0.286. The van der Waals surface area contributed by atoms with Gasteiger partial charge in [0, 0.05) is 38.6 Å². The number of aromatic nitrogens is 2. The van der Waals surface area contributed by atoms with Gasteiger partial charge in [0.25, 0.3) is 0 Å². The summed E-state index contributed by atoms with van der Waals surface area (Å²) in [5.74, 6) is 0.559. The van der Waals surface area contributed by atoms with Crippen LogP contribution >= 0.6 is 11.8 Å². The second-order valence-corrected chi connectivity index (χ2v) is 11.8. The molecule has 206 valence electrons. The van der Waals surface area contributed by atoms with Gasteiger partial charge in [0.05, 0.1) is 34.5 Å². The van der Waals surface area contributed by atoms with Crippen LogP contribution in [-0.4, -0.2) is 68.2 Å². The summed E-state index contributed by atoms with van der Waals surface area (Å²) in [7, 11) is 1.85. The summed E-state index contributed by atoms with van der Waals surface area (Å²) in [6.07, 6.45) is 0. The molecule has 11 heteroatoms. The highest BCUT2D eigenvalue weighted by atomic mass is 32.2. The van der Waals surface area contributed by atoms with E-state index in [4.69, 9.17) is 9.72 Å². The average molecular weight is 568 g/mol. The van der Waals surface area contributed by atoms with Crippen LogP contribution in [0.1, 0.15) is 13.8 Å². The van der Waals surface area contributed by atoms with E-state index in [0.717, 1.165) is 11.4 Å². The molecule has 3 aromatic carbocycles. The number of methoxy groups -OCH3 is 1. The molecule has 1 N–H and O–H groups in total. The number of para-hydroxylation sites is 2. The molecule has 0 bridgehead atoms. The van der Waals surface area contributed by atoms with Crippen molar-refractivity contribution in [2.45, 2.75) is 23.9 Å². The molecule has 0 aliphatic rings. The number of carbonyl (C=O) groups excluding carboxylic acids is 1. The van der Waals surface area contributed by atoms with Crippen LogP contribution in [0.4, 0.5) is 11.4 Å². The number of fused-ring (bicyclic) bond motifs is 1. The van der Waals surface area contributed by atoms with E-state index in [2.05, 4.69) is 5.32 Å². The SMILES string of the molecule is CCN(CC)S(=O)(=O)c1ccc2c(c1)nc(SCC(=O)Nc1ccc(N(C)C)cc1)n2-c1ccccc1OC. The molecule has 1 aromatic heterocycles. The van der Waals surface area contributed by atoms with Crippen LogP contribution in [-0.2, 0) is 14.8 Å². The van der Waals surface area contributed by atoms with Gasteiger partial charge in [-0.05, 0) is 54.6 Å². The summed E-state index contributed by atoms with van der Waals surface area (Å²) in [4.78, 5) is 19.8. The van der Waals surface area contributed by atoms with Gasteiger partial charge in [-0.3, -0.25) is 9.36 Å². The molecule has 0 unspecified atom stereocenters. The van der Waals surface area contributed by atoms with E-state index in [1.807, 2.05) is 85.9 Å². The van der Waals surface area contributed by atoms with Crippen molar-refractivity contribution in [1.29, 1.82) is 0 Å². The Hall–Kier alpha value is -3.54. The number of carbonyl (C=O) groups is 1. The maximum Gasteiger partial charge on any atom is 0.243 e. The van der Waals surface area contributed by atoms with Crippen LogP contribution in [0.5, 0.6) is 5.75 Å². The molecule has 0 saturated carbocycles. The van der Waals surface area contributed by atoms with Crippen molar-refractivity contribution in [2.24, 2.45) is 0 Å². The number of anilines is 2. The molecule has 0 aliphatic heterocycles. The van der Waals surface area contributed by atoms with Gasteiger partial charge < -0.3 is 15.0 Å². The average Bonchev–Trinajstić information content (AvgIpc) is 3.30. The summed E-state index contributed by atoms with van der Waals surface area (Å²) < 4.78 is 35.2. The summed E-state index contributed by atoms with van der Waals surface area (Å²) >= 11 is 1.27. The molecule has 0 aliphatic carbocycles. The third-order valence-electron chi connectivity index (χ3n) is 6.26. The lowest BCUT2D eigenvalue weighted by atomic mass is 10.2. The highest BCUT2D eigenvalue weighted by molar-refractivity contribution is 7.99. The minimum absolute atomic E-state index is 0.110. The van der Waals surface area contributed by atoms with E-state index in [-0.39, 0.29) is 16.6 Å². The van der Waals surface area contributed by atoms with Crippen LogP contribution in [0.25, 0.3) is 16.7 Å². The zero-order valence-electron chi connectivity index (χ0n) is 22.7. The largest absolute Gasteiger partial charge is 0.495 e. The third-order valence-corrected chi connectivity index (χ3v) is 9.25. The van der Waals surface area contributed by atoms with E-state index in [0.29, 0.717) is 40.7 Å². The number of thioether (sulfide) groups is 1. The minimum Gasteiger partial charge on any atom is -0.495 e. The Kier molecular flexibility index (Phi) is 8.83. The van der Waals surface area contributed by atoms with E-state index >= 15 is 0 Å². The number of rotatable bonds is 11. The lowest BCUT2D eigenvalue weighted by Gasteiger charge is -2.18. The van der Waals surface area contributed by atoms with Gasteiger partial charge in [-0.2, -0.15) is 4.31 Å². The maximum absolute atomic E-state index is 13.2. The first-order chi connectivity index (χ1) is 18.7. The molecule has 4 rings (SSSR count). The molecule has 1 heterocycles. The monoisotopic (exact) mass is 567 g/mol. The number of hydrogen-bond acceptors (Lipinski definition) is 7. The molecule has 9 nitrogen and oxygen atoms in total. The van der Waals surface area contributed by atoms with E-state index in [1.54, 1.807) is 25.3 Å². The number of benzene rings is 3. The van der Waals surface area contributed by atoms with Crippen LogP contribution in [0.15, 0.2) is 76.8 Å². The molecule has 0 fully saturated rings. The molecular formula is C28H33N5O4S2. The molecule has 4 aromatic rings. The highest BCUT2D eigenvalue weighted by Crippen LogP contribution is 2.34. The summed E-state index contributed by atoms with van der Waals surface area (Å²) in [5.41, 5.74) is 3.70. The van der Waals surface area contributed by atoms with Crippen LogP contribution in [0.2, 0.25) is 0 Å². The Morgan fingerprint density at radius 1 is 1.03 bits per heavy atom. The lowest BCUT2D eigenvalue weighted by Crippen LogP contribution is -2.30. The second-order valence-electron chi connectivity index (χ2n) is 8.92. The number of hydrogen-bond donors (Lipinski definition) is 1. The van der Waals surface area contributed by atoms with Crippen molar-refractivity contribution in [2.75, 3.05) is 50.3 Å². The Morgan fingerprint density at radius 3 is 2.36 bits per heavy atom. The van der Waals surface area contributed by atoms with Gasteiger partial charge in [0.15, 0.2) is 5.16 Å². The Labute approximate surface area is 233 Å². The number of sulfonamides is 1. The number of imidazole rings is 1. The zero-order chi connectivity index (χ0) is 28.2. The van der Waals surface area contributed by atoms with E-state index in [1.165, 1.54) is 16.1 Å². The predicted molar refractivity (Wildman–Crippen MR) is 158 cm³/mol. The van der Waals surface area contributed by atoms with Crippen molar-refractivity contribution in [3.63, 3.8) is 0 Å². The smallest absolute Gasteiger partial charge is 0.243 e. The Morgan fingerprint density at radius 2 is 1.72 bits per heavy atom. The fourth-order valence-electron chi connectivity index (χ4n) is 4.23. The van der Waals surface area contributed by atoms with Crippen molar-refractivity contribution < 1.29 is 17.9 Å². The van der Waals surface area contributed by atoms with E-state index < -0.39 is 10.0 Å². The summed E-state index contributed by atoms with van der Waals surface area (Å²) in [5, 5.41) is 3.47. The quantitative estimate of drug-likeness (QED) is 0.259. The lowest BCUT2D eigenvalue weighted by molar-refractivity contribution is -0.113.